The van der Waals surface area contributed by atoms with E-state index in [1.54, 1.807) is 6.08 Å². The topological polar surface area (TPSA) is 17.1 Å². The van der Waals surface area contributed by atoms with E-state index in [4.69, 9.17) is 0 Å². The van der Waals surface area contributed by atoms with Gasteiger partial charge in [0.25, 0.3) is 0 Å². The summed E-state index contributed by atoms with van der Waals surface area (Å²) in [7, 11) is 0. The zero-order chi connectivity index (χ0) is 30.6. The minimum Gasteiger partial charge on any atom is -0.294 e. The van der Waals surface area contributed by atoms with Crippen LogP contribution in [0.4, 0.5) is 0 Å². The van der Waals surface area contributed by atoms with Crippen LogP contribution >= 0.6 is 0 Å². The molecule has 218 valence electrons. The molecule has 0 atom stereocenters. The van der Waals surface area contributed by atoms with Crippen LogP contribution in [0.1, 0.15) is 88.5 Å². The van der Waals surface area contributed by atoms with E-state index in [-0.39, 0.29) is 11.2 Å². The fourth-order valence-corrected chi connectivity index (χ4v) is 5.24. The van der Waals surface area contributed by atoms with Crippen molar-refractivity contribution in [3.63, 3.8) is 0 Å². The minimum atomic E-state index is -0.476. The van der Waals surface area contributed by atoms with Crippen LogP contribution in [0.3, 0.4) is 0 Å². The van der Waals surface area contributed by atoms with Gasteiger partial charge in [-0.3, -0.25) is 4.79 Å². The van der Waals surface area contributed by atoms with Crippen molar-refractivity contribution in [3.8, 4) is 0 Å². The van der Waals surface area contributed by atoms with Gasteiger partial charge in [-0.2, -0.15) is 0 Å². The Morgan fingerprint density at radius 1 is 0.659 bits per heavy atom. The summed E-state index contributed by atoms with van der Waals surface area (Å²) in [6.45, 7) is 21.5. The van der Waals surface area contributed by atoms with Crippen LogP contribution in [0.2, 0.25) is 0 Å². The molecule has 0 saturated carbocycles. The van der Waals surface area contributed by atoms with Gasteiger partial charge in [0.1, 0.15) is 0 Å². The van der Waals surface area contributed by atoms with E-state index in [1.807, 2.05) is 19.9 Å². The van der Waals surface area contributed by atoms with Crippen molar-refractivity contribution in [2.45, 2.75) is 88.5 Å². The fourth-order valence-electron chi connectivity index (χ4n) is 5.24. The molecule has 0 amide bonds. The van der Waals surface area contributed by atoms with Crippen molar-refractivity contribution in [1.82, 2.24) is 0 Å². The first-order chi connectivity index (χ1) is 19.2. The smallest absolute Gasteiger partial charge is 0.165 e. The fraction of sp³-hybridized carbons (Fsp3) is 0.375. The van der Waals surface area contributed by atoms with Crippen molar-refractivity contribution < 1.29 is 4.79 Å². The first-order valence-electron chi connectivity index (χ1n) is 15.0. The summed E-state index contributed by atoms with van der Waals surface area (Å²) in [6.07, 6.45) is 37.2. The van der Waals surface area contributed by atoms with E-state index in [2.05, 4.69) is 140 Å². The van der Waals surface area contributed by atoms with Gasteiger partial charge in [0.15, 0.2) is 5.78 Å². The second-order valence-corrected chi connectivity index (χ2v) is 12.8. The van der Waals surface area contributed by atoms with Crippen LogP contribution < -0.4 is 0 Å². The lowest BCUT2D eigenvalue weighted by Crippen LogP contribution is -2.27. The van der Waals surface area contributed by atoms with Gasteiger partial charge in [-0.15, -0.1) is 0 Å². The average molecular weight is 549 g/mol. The number of carbonyl (C=O) groups excluding carboxylic acids is 1. The van der Waals surface area contributed by atoms with E-state index in [1.165, 1.54) is 47.1 Å². The average Bonchev–Trinajstić information content (AvgIpc) is 2.88. The van der Waals surface area contributed by atoms with E-state index >= 15 is 0 Å². The Hall–Kier alpha value is -3.45. The Bertz CT molecular complexity index is 1340. The molecule has 0 fully saturated rings. The SMILES string of the molecule is CC1=C(/C=C/C(C)=C/C=C/C(C)=C/C=C/C=C(C)/C=C/C=C(C)/C=C/C2=C(C)CCCC2(C)C)C(C)(C)C(=O)C=C1. The number of ketones is 1. The maximum absolute atomic E-state index is 12.3. The Labute approximate surface area is 251 Å². The third kappa shape index (κ3) is 10.8. The zero-order valence-electron chi connectivity index (χ0n) is 27.3. The predicted molar refractivity (Wildman–Crippen MR) is 182 cm³/mol. The number of rotatable bonds is 10. The third-order valence-corrected chi connectivity index (χ3v) is 8.03. The predicted octanol–water partition coefficient (Wildman–Crippen LogP) is 11.6. The molecular formula is C40H52O. The van der Waals surface area contributed by atoms with Crippen molar-refractivity contribution in [2.24, 2.45) is 10.8 Å². The highest BCUT2D eigenvalue weighted by Gasteiger charge is 2.32. The molecule has 1 heteroatoms. The summed E-state index contributed by atoms with van der Waals surface area (Å²) in [6, 6.07) is 0. The Morgan fingerprint density at radius 2 is 1.12 bits per heavy atom. The quantitative estimate of drug-likeness (QED) is 0.248. The van der Waals surface area contributed by atoms with Crippen LogP contribution in [0.5, 0.6) is 0 Å². The van der Waals surface area contributed by atoms with Crippen molar-refractivity contribution >= 4 is 5.78 Å². The molecule has 1 nitrogen and oxygen atoms in total. The van der Waals surface area contributed by atoms with E-state index in [9.17, 15) is 4.79 Å². The molecule has 2 rings (SSSR count). The summed E-state index contributed by atoms with van der Waals surface area (Å²) < 4.78 is 0. The van der Waals surface area contributed by atoms with E-state index < -0.39 is 5.41 Å². The summed E-state index contributed by atoms with van der Waals surface area (Å²) in [5, 5.41) is 0. The van der Waals surface area contributed by atoms with Gasteiger partial charge in [-0.25, -0.2) is 0 Å². The summed E-state index contributed by atoms with van der Waals surface area (Å²) in [5.74, 6) is 0.154. The van der Waals surface area contributed by atoms with Gasteiger partial charge < -0.3 is 0 Å². The largest absolute Gasteiger partial charge is 0.294 e. The second kappa shape index (κ2) is 15.5. The molecule has 0 aromatic heterocycles. The lowest BCUT2D eigenvalue weighted by molar-refractivity contribution is -0.120. The normalized spacial score (nSPS) is 21.4. The standard InChI is InChI=1S/C40H52O/c1-30(18-13-20-32(3)23-26-36-34(5)22-15-29-39(36,7)8)16-11-12-17-31(2)19-14-21-33(4)24-27-37-35(6)25-28-38(41)40(37,9)10/h11-14,16-21,23-28H,15,22,29H2,1-10H3/b12-11+,18-13+,19-14+,26-23+,27-24+,30-16+,31-17+,32-20+,33-21+. The van der Waals surface area contributed by atoms with Crippen LogP contribution in [0.15, 0.2) is 142 Å². The Balaban J connectivity index is 1.91. The van der Waals surface area contributed by atoms with Gasteiger partial charge in [0.05, 0.1) is 5.41 Å². The maximum Gasteiger partial charge on any atom is 0.165 e. The first-order valence-corrected chi connectivity index (χ1v) is 15.0. The molecule has 0 aliphatic heterocycles. The molecule has 0 N–H and O–H groups in total. The van der Waals surface area contributed by atoms with Crippen LogP contribution in [-0.2, 0) is 4.79 Å². The lowest BCUT2D eigenvalue weighted by Gasteiger charge is -2.32. The molecule has 41 heavy (non-hydrogen) atoms. The van der Waals surface area contributed by atoms with Gasteiger partial charge >= 0.3 is 0 Å². The number of allylic oxidation sites excluding steroid dienone is 24. The number of carbonyl (C=O) groups is 1. The highest BCUT2D eigenvalue weighted by molar-refractivity contribution is 5.99. The number of hydrogen-bond donors (Lipinski definition) is 0. The molecule has 0 aromatic rings. The van der Waals surface area contributed by atoms with Crippen LogP contribution in [0.25, 0.3) is 0 Å². The molecule has 0 spiro atoms. The zero-order valence-corrected chi connectivity index (χ0v) is 27.3. The summed E-state index contributed by atoms with van der Waals surface area (Å²) in [4.78, 5) is 12.3. The second-order valence-electron chi connectivity index (χ2n) is 12.8. The van der Waals surface area contributed by atoms with Gasteiger partial charge in [-0.1, -0.05) is 133 Å². The van der Waals surface area contributed by atoms with Crippen molar-refractivity contribution in [1.29, 1.82) is 0 Å². The van der Waals surface area contributed by atoms with Crippen LogP contribution in [0, 0.1) is 10.8 Å². The molecular weight excluding hydrogens is 496 g/mol. The highest BCUT2D eigenvalue weighted by atomic mass is 16.1. The Kier molecular flexibility index (Phi) is 12.8. The van der Waals surface area contributed by atoms with Gasteiger partial charge in [-0.05, 0) is 103 Å². The van der Waals surface area contributed by atoms with Crippen molar-refractivity contribution in [2.75, 3.05) is 0 Å². The molecule has 0 saturated heterocycles. The van der Waals surface area contributed by atoms with Crippen LogP contribution in [-0.4, -0.2) is 5.78 Å². The van der Waals surface area contributed by atoms with Crippen molar-refractivity contribution in [3.05, 3.63) is 142 Å². The molecule has 0 aromatic carbocycles. The van der Waals surface area contributed by atoms with E-state index in [0.29, 0.717) is 0 Å². The summed E-state index contributed by atoms with van der Waals surface area (Å²) >= 11 is 0. The molecule has 0 radical (unpaired) electrons. The molecule has 0 unspecified atom stereocenters. The van der Waals surface area contributed by atoms with Gasteiger partial charge in [0, 0.05) is 0 Å². The monoisotopic (exact) mass is 548 g/mol. The number of hydrogen-bond acceptors (Lipinski definition) is 1. The highest BCUT2D eigenvalue weighted by Crippen LogP contribution is 2.40. The minimum absolute atomic E-state index is 0.154. The summed E-state index contributed by atoms with van der Waals surface area (Å²) in [5.41, 5.74) is 9.85. The first kappa shape index (κ1) is 33.8. The maximum atomic E-state index is 12.3. The molecule has 2 aliphatic rings. The molecule has 0 heterocycles. The molecule has 2 aliphatic carbocycles. The van der Waals surface area contributed by atoms with E-state index in [0.717, 1.165) is 16.7 Å². The Morgan fingerprint density at radius 3 is 1.63 bits per heavy atom. The van der Waals surface area contributed by atoms with Gasteiger partial charge in [0.2, 0.25) is 0 Å². The molecule has 0 bridgehead atoms. The third-order valence-electron chi connectivity index (χ3n) is 8.03. The lowest BCUT2D eigenvalue weighted by atomic mass is 9.72.